The predicted molar refractivity (Wildman–Crippen MR) is 113 cm³/mol. The van der Waals surface area contributed by atoms with Crippen molar-refractivity contribution in [2.24, 2.45) is 7.05 Å². The molecule has 1 atom stereocenters. The number of aromatic nitrogens is 4. The molecule has 0 aliphatic carbocycles. The number of nitrogens with one attached hydrogen (secondary N) is 1. The van der Waals surface area contributed by atoms with Gasteiger partial charge in [0.2, 0.25) is 5.76 Å². The van der Waals surface area contributed by atoms with Crippen molar-refractivity contribution >= 4 is 5.91 Å². The van der Waals surface area contributed by atoms with Crippen molar-refractivity contribution in [3.05, 3.63) is 88.7 Å². The predicted octanol–water partition coefficient (Wildman–Crippen LogP) is 3.91. The van der Waals surface area contributed by atoms with E-state index in [1.165, 1.54) is 5.56 Å². The molecular weight excluding hydrogens is 378 g/mol. The van der Waals surface area contributed by atoms with Gasteiger partial charge in [-0.2, -0.15) is 5.10 Å². The van der Waals surface area contributed by atoms with Gasteiger partial charge in [-0.15, -0.1) is 0 Å². The fourth-order valence-corrected chi connectivity index (χ4v) is 3.42. The van der Waals surface area contributed by atoms with Gasteiger partial charge >= 0.3 is 0 Å². The fourth-order valence-electron chi connectivity index (χ4n) is 3.42. The van der Waals surface area contributed by atoms with Gasteiger partial charge in [0, 0.05) is 37.3 Å². The zero-order valence-electron chi connectivity index (χ0n) is 17.4. The van der Waals surface area contributed by atoms with E-state index < -0.39 is 0 Å². The van der Waals surface area contributed by atoms with E-state index in [0.717, 1.165) is 27.9 Å². The lowest BCUT2D eigenvalue weighted by atomic mass is 9.96. The second-order valence-electron chi connectivity index (χ2n) is 7.41. The molecule has 3 heterocycles. The minimum absolute atomic E-state index is 0.149. The number of hydrogen-bond donors (Lipinski definition) is 1. The highest BCUT2D eigenvalue weighted by Gasteiger charge is 2.22. The van der Waals surface area contributed by atoms with Crippen LogP contribution >= 0.6 is 0 Å². The summed E-state index contributed by atoms with van der Waals surface area (Å²) < 4.78 is 7.06. The normalized spacial score (nSPS) is 12.0. The van der Waals surface area contributed by atoms with Crippen molar-refractivity contribution in [2.75, 3.05) is 0 Å². The van der Waals surface area contributed by atoms with Crippen molar-refractivity contribution in [1.29, 1.82) is 0 Å². The number of amides is 1. The van der Waals surface area contributed by atoms with Crippen LogP contribution in [0.5, 0.6) is 0 Å². The first-order valence-corrected chi connectivity index (χ1v) is 9.67. The molecular formula is C23H23N5O2. The lowest BCUT2D eigenvalue weighted by Gasteiger charge is -2.20. The quantitative estimate of drug-likeness (QED) is 0.548. The Morgan fingerprint density at radius 1 is 1.03 bits per heavy atom. The van der Waals surface area contributed by atoms with Crippen molar-refractivity contribution in [2.45, 2.75) is 26.8 Å². The van der Waals surface area contributed by atoms with Crippen molar-refractivity contribution in [3.8, 4) is 11.3 Å². The van der Waals surface area contributed by atoms with E-state index in [4.69, 9.17) is 4.52 Å². The topological polar surface area (TPSA) is 85.8 Å². The smallest absolute Gasteiger partial charge is 0.290 e. The first-order valence-electron chi connectivity index (χ1n) is 9.67. The summed E-state index contributed by atoms with van der Waals surface area (Å²) >= 11 is 0. The molecule has 0 radical (unpaired) electrons. The number of aryl methyl sites for hydroxylation is 4. The molecule has 4 aromatic rings. The average molecular weight is 401 g/mol. The second kappa shape index (κ2) is 7.94. The zero-order chi connectivity index (χ0) is 21.3. The Labute approximate surface area is 174 Å². The summed E-state index contributed by atoms with van der Waals surface area (Å²) in [6.07, 6.45) is 5.28. The molecule has 0 unspecified atom stereocenters. The van der Waals surface area contributed by atoms with Gasteiger partial charge in [-0.1, -0.05) is 23.4 Å². The van der Waals surface area contributed by atoms with Gasteiger partial charge in [0.05, 0.1) is 11.7 Å². The van der Waals surface area contributed by atoms with E-state index in [-0.39, 0.29) is 17.7 Å². The summed E-state index contributed by atoms with van der Waals surface area (Å²) in [5.74, 6) is -0.188. The van der Waals surface area contributed by atoms with Crippen LogP contribution in [0.4, 0.5) is 0 Å². The molecule has 0 spiro atoms. The number of hydrogen-bond acceptors (Lipinski definition) is 5. The van der Waals surface area contributed by atoms with Crippen LogP contribution in [0.2, 0.25) is 0 Å². The SMILES string of the molecule is Cc1ccc([C@H](NC(=O)c2cc(-c3cn(C)nc3C)no2)c2ccncc2)cc1C. The lowest BCUT2D eigenvalue weighted by Crippen LogP contribution is -2.29. The van der Waals surface area contributed by atoms with Gasteiger partial charge in [-0.3, -0.25) is 14.5 Å². The van der Waals surface area contributed by atoms with Crippen molar-refractivity contribution in [1.82, 2.24) is 25.2 Å². The van der Waals surface area contributed by atoms with Gasteiger partial charge in [0.25, 0.3) is 5.91 Å². The zero-order valence-corrected chi connectivity index (χ0v) is 17.4. The molecule has 0 aliphatic rings. The summed E-state index contributed by atoms with van der Waals surface area (Å²) in [4.78, 5) is 17.1. The van der Waals surface area contributed by atoms with E-state index in [9.17, 15) is 4.79 Å². The van der Waals surface area contributed by atoms with Crippen LogP contribution in [0.25, 0.3) is 11.3 Å². The molecule has 1 amide bonds. The minimum Gasteiger partial charge on any atom is -0.350 e. The highest BCUT2D eigenvalue weighted by atomic mass is 16.5. The Morgan fingerprint density at radius 2 is 1.80 bits per heavy atom. The Balaban J connectivity index is 1.64. The van der Waals surface area contributed by atoms with Gasteiger partial charge in [-0.25, -0.2) is 0 Å². The van der Waals surface area contributed by atoms with Gasteiger partial charge in [-0.05, 0) is 55.2 Å². The molecule has 30 heavy (non-hydrogen) atoms. The third kappa shape index (κ3) is 3.87. The van der Waals surface area contributed by atoms with Crippen LogP contribution in [0.1, 0.15) is 44.5 Å². The molecule has 0 saturated heterocycles. The fraction of sp³-hybridized carbons (Fsp3) is 0.217. The third-order valence-electron chi connectivity index (χ3n) is 5.20. The van der Waals surface area contributed by atoms with Crippen LogP contribution in [-0.2, 0) is 7.05 Å². The second-order valence-corrected chi connectivity index (χ2v) is 7.41. The highest BCUT2D eigenvalue weighted by Crippen LogP contribution is 2.26. The molecule has 1 aromatic carbocycles. The largest absolute Gasteiger partial charge is 0.350 e. The Bertz CT molecular complexity index is 1190. The Kier molecular flexibility index (Phi) is 5.18. The molecule has 7 nitrogen and oxygen atoms in total. The molecule has 0 aliphatic heterocycles. The van der Waals surface area contributed by atoms with Gasteiger partial charge in [0.15, 0.2) is 0 Å². The maximum atomic E-state index is 13.0. The number of pyridine rings is 1. The summed E-state index contributed by atoms with van der Waals surface area (Å²) in [5.41, 5.74) is 6.52. The number of benzene rings is 1. The van der Waals surface area contributed by atoms with Crippen molar-refractivity contribution < 1.29 is 9.32 Å². The number of rotatable bonds is 5. The maximum absolute atomic E-state index is 13.0. The summed E-state index contributed by atoms with van der Waals surface area (Å²) in [5, 5.41) is 11.5. The maximum Gasteiger partial charge on any atom is 0.290 e. The molecule has 0 bridgehead atoms. The number of carbonyl (C=O) groups excluding carboxylic acids is 1. The van der Waals surface area contributed by atoms with Crippen LogP contribution in [0.3, 0.4) is 0 Å². The van der Waals surface area contributed by atoms with Crippen LogP contribution < -0.4 is 5.32 Å². The van der Waals surface area contributed by atoms with Crippen LogP contribution in [-0.4, -0.2) is 25.8 Å². The Morgan fingerprint density at radius 3 is 2.47 bits per heavy atom. The van der Waals surface area contributed by atoms with E-state index in [1.54, 1.807) is 23.1 Å². The molecule has 152 valence electrons. The van der Waals surface area contributed by atoms with Crippen LogP contribution in [0, 0.1) is 20.8 Å². The van der Waals surface area contributed by atoms with Gasteiger partial charge in [0.1, 0.15) is 5.69 Å². The molecule has 4 rings (SSSR count). The lowest BCUT2D eigenvalue weighted by molar-refractivity contribution is 0.0906. The number of nitrogens with zero attached hydrogens (tertiary/aromatic N) is 4. The monoisotopic (exact) mass is 401 g/mol. The summed E-state index contributed by atoms with van der Waals surface area (Å²) in [6, 6.07) is 11.3. The highest BCUT2D eigenvalue weighted by molar-refractivity contribution is 5.93. The minimum atomic E-state index is -0.339. The molecule has 0 fully saturated rings. The summed E-state index contributed by atoms with van der Waals surface area (Å²) in [7, 11) is 1.84. The standard InChI is InChI=1S/C23H23N5O2/c1-14-5-6-18(11-15(14)2)22(17-7-9-24-10-8-17)25-23(29)21-12-20(27-30-21)19-13-28(4)26-16(19)3/h5-13,22H,1-4H3,(H,25,29)/t22-/m1/s1. The number of carbonyl (C=O) groups is 1. The molecule has 7 heteroatoms. The first kappa shape index (κ1) is 19.6. The van der Waals surface area contributed by atoms with E-state index in [1.807, 2.05) is 38.4 Å². The van der Waals surface area contributed by atoms with E-state index >= 15 is 0 Å². The third-order valence-corrected chi connectivity index (χ3v) is 5.20. The van der Waals surface area contributed by atoms with Crippen molar-refractivity contribution in [3.63, 3.8) is 0 Å². The first-order chi connectivity index (χ1) is 14.4. The average Bonchev–Trinajstić information content (AvgIpc) is 3.35. The molecule has 0 saturated carbocycles. The molecule has 1 N–H and O–H groups in total. The van der Waals surface area contributed by atoms with E-state index in [0.29, 0.717) is 5.69 Å². The van der Waals surface area contributed by atoms with E-state index in [2.05, 4.69) is 46.5 Å². The Hall–Kier alpha value is -3.74. The summed E-state index contributed by atoms with van der Waals surface area (Å²) in [6.45, 7) is 6.02. The van der Waals surface area contributed by atoms with Gasteiger partial charge < -0.3 is 9.84 Å². The molecule has 3 aromatic heterocycles. The van der Waals surface area contributed by atoms with Crippen LogP contribution in [0.15, 0.2) is 59.5 Å².